The Morgan fingerprint density at radius 2 is 1.39 bits per heavy atom. The highest BCUT2D eigenvalue weighted by molar-refractivity contribution is 7.17. The van der Waals surface area contributed by atoms with E-state index in [-0.39, 0.29) is 17.5 Å². The number of benzene rings is 6. The van der Waals surface area contributed by atoms with Gasteiger partial charge in [-0.3, -0.25) is 4.90 Å². The van der Waals surface area contributed by atoms with Crippen molar-refractivity contribution >= 4 is 95.4 Å². The van der Waals surface area contributed by atoms with E-state index in [0.29, 0.717) is 0 Å². The molecule has 2 aliphatic heterocycles. The summed E-state index contributed by atoms with van der Waals surface area (Å²) in [6.07, 6.45) is 4.01. The standard InChI is InChI=1S/C57H53BN2OS/c1-12-34(3)42(13-2)38-23-27-47-46(31-38)58-52-44-32-39(56(6,7)8)24-28-50(44)61-55(52)60(54-35(4)29-40(30-36(54)5)57(9,10)11)49-19-16-18-48(53(49)58)59(47)41-25-21-37(22-26-41)45-33-62-51-20-15-14-17-43(45)51/h12-33H,1,3H2,2,4-11H3/b42-13+. The normalized spacial score (nSPS) is 13.7. The van der Waals surface area contributed by atoms with Gasteiger partial charge in [-0.1, -0.05) is 134 Å². The van der Waals surface area contributed by atoms with Crippen molar-refractivity contribution in [3.63, 3.8) is 0 Å². The van der Waals surface area contributed by atoms with E-state index in [0.717, 1.165) is 56.3 Å². The second-order valence-electron chi connectivity index (χ2n) is 19.2. The summed E-state index contributed by atoms with van der Waals surface area (Å²) in [5.74, 6) is 0.884. The fraction of sp³-hybridized carbons (Fsp3) is 0.193. The maximum Gasteiger partial charge on any atom is 0.257 e. The average molecular weight is 825 g/mol. The number of anilines is 6. The zero-order valence-corrected chi connectivity index (χ0v) is 38.2. The number of allylic oxidation sites excluding steroid dienone is 4. The highest BCUT2D eigenvalue weighted by atomic mass is 32.1. The predicted molar refractivity (Wildman–Crippen MR) is 271 cm³/mol. The Morgan fingerprint density at radius 3 is 2.06 bits per heavy atom. The minimum absolute atomic E-state index is 0.0114. The third-order valence-corrected chi connectivity index (χ3v) is 14.1. The second kappa shape index (κ2) is 14.4. The monoisotopic (exact) mass is 824 g/mol. The second-order valence-corrected chi connectivity index (χ2v) is 20.1. The molecular formula is C57H53BN2OS. The van der Waals surface area contributed by atoms with Crippen LogP contribution in [-0.2, 0) is 10.8 Å². The molecule has 4 heterocycles. The molecule has 0 fully saturated rings. The topological polar surface area (TPSA) is 19.6 Å². The van der Waals surface area contributed by atoms with Crippen LogP contribution >= 0.6 is 11.3 Å². The van der Waals surface area contributed by atoms with Crippen LogP contribution in [0, 0.1) is 13.8 Å². The largest absolute Gasteiger partial charge is 0.440 e. The first-order valence-electron chi connectivity index (χ1n) is 21.8. The summed E-state index contributed by atoms with van der Waals surface area (Å²) in [5, 5.41) is 4.74. The molecule has 0 amide bonds. The zero-order valence-electron chi connectivity index (χ0n) is 37.4. The third-order valence-electron chi connectivity index (χ3n) is 13.2. The van der Waals surface area contributed by atoms with Crippen LogP contribution in [0.4, 0.5) is 34.3 Å². The molecule has 0 atom stereocenters. The van der Waals surface area contributed by atoms with Crippen molar-refractivity contribution < 1.29 is 4.42 Å². The van der Waals surface area contributed by atoms with E-state index in [2.05, 4.69) is 212 Å². The van der Waals surface area contributed by atoms with Crippen LogP contribution in [0.3, 0.4) is 0 Å². The summed E-state index contributed by atoms with van der Waals surface area (Å²) >= 11 is 1.80. The summed E-state index contributed by atoms with van der Waals surface area (Å²) in [6.45, 7) is 28.8. The summed E-state index contributed by atoms with van der Waals surface area (Å²) in [7, 11) is 0. The lowest BCUT2D eigenvalue weighted by atomic mass is 9.33. The zero-order chi connectivity index (χ0) is 43.4. The van der Waals surface area contributed by atoms with E-state index in [1.807, 2.05) is 6.08 Å². The number of aryl methyl sites for hydroxylation is 2. The van der Waals surface area contributed by atoms with Gasteiger partial charge >= 0.3 is 0 Å². The van der Waals surface area contributed by atoms with Gasteiger partial charge in [0.05, 0.1) is 5.69 Å². The first-order valence-corrected chi connectivity index (χ1v) is 22.7. The van der Waals surface area contributed by atoms with E-state index in [4.69, 9.17) is 4.42 Å². The quantitative estimate of drug-likeness (QED) is 0.123. The van der Waals surface area contributed by atoms with Crippen molar-refractivity contribution in [1.82, 2.24) is 0 Å². The van der Waals surface area contributed by atoms with Crippen molar-refractivity contribution in [3.05, 3.63) is 179 Å². The van der Waals surface area contributed by atoms with Crippen molar-refractivity contribution in [2.75, 3.05) is 9.80 Å². The minimum atomic E-state index is -0.115. The summed E-state index contributed by atoms with van der Waals surface area (Å²) in [5.41, 5.74) is 20.9. The Hall–Kier alpha value is -6.30. The van der Waals surface area contributed by atoms with E-state index in [1.165, 1.54) is 65.5 Å². The van der Waals surface area contributed by atoms with E-state index >= 15 is 0 Å². The van der Waals surface area contributed by atoms with Gasteiger partial charge in [0.2, 0.25) is 5.88 Å². The van der Waals surface area contributed by atoms with Gasteiger partial charge in [-0.05, 0) is 141 Å². The molecule has 10 rings (SSSR count). The molecule has 2 aromatic heterocycles. The Morgan fingerprint density at radius 1 is 0.694 bits per heavy atom. The number of thiophene rings is 1. The number of furan rings is 1. The van der Waals surface area contributed by atoms with Crippen molar-refractivity contribution in [1.29, 1.82) is 0 Å². The molecule has 8 aromatic rings. The molecule has 0 unspecified atom stereocenters. The number of nitrogens with zero attached hydrogens (tertiary/aromatic N) is 2. The summed E-state index contributed by atoms with van der Waals surface area (Å²) in [4.78, 5) is 4.92. The van der Waals surface area contributed by atoms with Crippen molar-refractivity contribution in [2.45, 2.75) is 73.1 Å². The Bertz CT molecular complexity index is 3160. The van der Waals surface area contributed by atoms with E-state index < -0.39 is 0 Å². The average Bonchev–Trinajstić information content (AvgIpc) is 3.86. The maximum absolute atomic E-state index is 7.22. The molecule has 6 aromatic carbocycles. The highest BCUT2D eigenvalue weighted by Crippen LogP contribution is 2.48. The van der Waals surface area contributed by atoms with Crippen LogP contribution in [0.5, 0.6) is 0 Å². The Balaban J connectivity index is 1.28. The van der Waals surface area contributed by atoms with Crippen LogP contribution in [-0.4, -0.2) is 6.71 Å². The van der Waals surface area contributed by atoms with Crippen LogP contribution in [0.2, 0.25) is 0 Å². The molecule has 0 N–H and O–H groups in total. The summed E-state index contributed by atoms with van der Waals surface area (Å²) in [6, 6.07) is 43.2. The van der Waals surface area contributed by atoms with Crippen LogP contribution in [0.25, 0.3) is 37.8 Å². The van der Waals surface area contributed by atoms with Gasteiger partial charge in [-0.2, -0.15) is 0 Å². The van der Waals surface area contributed by atoms with Gasteiger partial charge in [0.1, 0.15) is 5.58 Å². The SMILES string of the molecule is C=CC(=C)/C(=C\C)c1ccc2c(c1)B1c3c(cccc3N(c3c(C)cc(C(C)(C)C)cc3C)c3oc4ccc(C(C)(C)C)cc4c31)N2c1ccc(-c2csc3ccccc23)cc1. The lowest BCUT2D eigenvalue weighted by Gasteiger charge is -2.43. The number of fused-ring (bicyclic) bond motifs is 7. The van der Waals surface area contributed by atoms with Gasteiger partial charge < -0.3 is 9.32 Å². The highest BCUT2D eigenvalue weighted by Gasteiger charge is 2.47. The number of rotatable bonds is 6. The molecule has 306 valence electrons. The van der Waals surface area contributed by atoms with Crippen molar-refractivity contribution in [3.8, 4) is 11.1 Å². The Kier molecular flexibility index (Phi) is 9.24. The number of hydrogen-bond acceptors (Lipinski definition) is 4. The summed E-state index contributed by atoms with van der Waals surface area (Å²) < 4.78 is 8.52. The van der Waals surface area contributed by atoms with Gasteiger partial charge in [-0.25, -0.2) is 0 Å². The first-order chi connectivity index (χ1) is 29.7. The fourth-order valence-corrected chi connectivity index (χ4v) is 10.9. The van der Waals surface area contributed by atoms with Gasteiger partial charge in [0, 0.05) is 49.2 Å². The fourth-order valence-electron chi connectivity index (χ4n) is 9.97. The van der Waals surface area contributed by atoms with Gasteiger partial charge in [-0.15, -0.1) is 11.3 Å². The molecular weight excluding hydrogens is 772 g/mol. The third kappa shape index (κ3) is 6.15. The lowest BCUT2D eigenvalue weighted by Crippen LogP contribution is -2.61. The molecule has 2 aliphatic rings. The lowest BCUT2D eigenvalue weighted by molar-refractivity contribution is 0.589. The molecule has 0 bridgehead atoms. The molecule has 62 heavy (non-hydrogen) atoms. The molecule has 0 radical (unpaired) electrons. The molecule has 0 saturated carbocycles. The molecule has 0 spiro atoms. The number of hydrogen-bond donors (Lipinski definition) is 0. The minimum Gasteiger partial charge on any atom is -0.440 e. The van der Waals surface area contributed by atoms with Crippen LogP contribution in [0.15, 0.2) is 156 Å². The molecule has 5 heteroatoms. The van der Waals surface area contributed by atoms with Gasteiger partial charge in [0.15, 0.2) is 0 Å². The van der Waals surface area contributed by atoms with E-state index in [1.54, 1.807) is 11.3 Å². The van der Waals surface area contributed by atoms with Crippen LogP contribution in [0.1, 0.15) is 76.3 Å². The van der Waals surface area contributed by atoms with E-state index in [9.17, 15) is 0 Å². The first kappa shape index (κ1) is 39.8. The predicted octanol–water partition coefficient (Wildman–Crippen LogP) is 14.8. The molecule has 0 saturated heterocycles. The smallest absolute Gasteiger partial charge is 0.257 e. The molecule has 3 nitrogen and oxygen atoms in total. The maximum atomic E-state index is 7.22. The van der Waals surface area contributed by atoms with Crippen LogP contribution < -0.4 is 26.2 Å². The van der Waals surface area contributed by atoms with Crippen molar-refractivity contribution in [2.24, 2.45) is 0 Å². The Labute approximate surface area is 371 Å². The molecule has 0 aliphatic carbocycles. The van der Waals surface area contributed by atoms with Gasteiger partial charge in [0.25, 0.3) is 6.71 Å².